The molecular weight excluding hydrogens is 546 g/mol. The van der Waals surface area contributed by atoms with Crippen LogP contribution in [0.2, 0.25) is 0 Å². The summed E-state index contributed by atoms with van der Waals surface area (Å²) in [5.74, 6) is -3.34. The summed E-state index contributed by atoms with van der Waals surface area (Å²) in [5, 5.41) is 0. The van der Waals surface area contributed by atoms with Crippen molar-refractivity contribution in [2.75, 3.05) is 0 Å². The highest BCUT2D eigenvalue weighted by molar-refractivity contribution is 7.81. The molecule has 216 valence electrons. The largest absolute Gasteiger partial charge is 0.449 e. The monoisotopic (exact) mass is 586 g/mol. The topological polar surface area (TPSA) is 609 Å². The Labute approximate surface area is 201 Å². The van der Waals surface area contributed by atoms with Crippen LogP contribution in [-0.4, -0.2) is 138 Å². The van der Waals surface area contributed by atoms with Crippen molar-refractivity contribution in [3.8, 4) is 0 Å². The molecule has 0 amide bonds. The lowest BCUT2D eigenvalue weighted by molar-refractivity contribution is -0.131. The van der Waals surface area contributed by atoms with Gasteiger partial charge in [-0.1, -0.05) is 0 Å². The highest BCUT2D eigenvalue weighted by Crippen LogP contribution is 1.92. The van der Waals surface area contributed by atoms with E-state index in [2.05, 4.69) is 8.37 Å². The first-order valence-electron chi connectivity index (χ1n) is 3.09. The molecule has 0 aliphatic heterocycles. The maximum atomic E-state index is 10.5. The third-order valence-corrected chi connectivity index (χ3v) is 1.48. The van der Waals surface area contributed by atoms with E-state index in [-0.39, 0.29) is 125 Å². The molecule has 32 heavy (non-hydrogen) atoms. The molecule has 0 aromatic rings. The summed E-state index contributed by atoms with van der Waals surface area (Å²) in [6.07, 6.45) is 0.308. The van der Waals surface area contributed by atoms with E-state index in [0.717, 1.165) is 0 Å². The average Bonchev–Trinajstić information content (AvgIpc) is 1.94. The molecule has 0 aliphatic carbocycles. The van der Waals surface area contributed by atoms with Crippen LogP contribution in [0.4, 0.5) is 0 Å². The van der Waals surface area contributed by atoms with E-state index in [1.807, 2.05) is 0 Å². The van der Waals surface area contributed by atoms with Gasteiger partial charge in [0.2, 0.25) is 0 Å². The third-order valence-electron chi connectivity index (χ3n) is 0.730. The highest BCUT2D eigenvalue weighted by atomic mass is 32.3. The van der Waals surface area contributed by atoms with Gasteiger partial charge in [0.05, 0.1) is 0 Å². The lowest BCUT2D eigenvalue weighted by Gasteiger charge is -1.95. The first kappa shape index (κ1) is 142. The zero-order chi connectivity index (χ0) is 13.0. The lowest BCUT2D eigenvalue weighted by atomic mass is 10.5. The molecule has 0 aromatic carbocycles. The minimum absolute atomic E-state index is 0. The molecule has 0 aromatic heterocycles. The fourth-order valence-corrected chi connectivity index (χ4v) is 0.926. The number of hydrogen-bond acceptors (Lipinski definition) is 10. The number of carbonyl (C=O) groups excluding carboxylic acids is 2. The van der Waals surface area contributed by atoms with Crippen LogP contribution < -0.4 is 12.3 Å². The molecule has 0 saturated carbocycles. The van der Waals surface area contributed by atoms with Crippen molar-refractivity contribution in [2.45, 2.75) is 0 Å². The van der Waals surface area contributed by atoms with Gasteiger partial charge in [-0.05, 0) is 0 Å². The Morgan fingerprint density at radius 3 is 0.719 bits per heavy atom. The summed E-state index contributed by atoms with van der Waals surface area (Å²) in [7, 11) is -10.1. The van der Waals surface area contributed by atoms with Gasteiger partial charge < -0.3 is 86.4 Å². The van der Waals surface area contributed by atoms with E-state index >= 15 is 0 Å². The Hall–Kier alpha value is -0.995. The Bertz CT molecular complexity index is 486. The minimum atomic E-state index is -5.03. The molecule has 0 heterocycles. The standard InChI is InChI=1S/C4H4O10S2.2Al.2H3N.12H2O.6H/c5-3(13-15(7,8)9)1-2-4(6)14-16(10,11)12;;;;;;;;;;;;;;;;;;;;;;/h1-2H,(H,7,8,9)(H,10,11,12);;;2*1H3;12*1H2;;;;;;/b2-1-;;;;;;;;;;;;;;;;;;;;;;. The van der Waals surface area contributed by atoms with Crippen molar-refractivity contribution in [1.29, 1.82) is 0 Å². The van der Waals surface area contributed by atoms with Gasteiger partial charge in [0.25, 0.3) is 0 Å². The first-order valence-corrected chi connectivity index (χ1v) is 5.82. The van der Waals surface area contributed by atoms with Crippen LogP contribution in [0.1, 0.15) is 0 Å². The Morgan fingerprint density at radius 1 is 0.500 bits per heavy atom. The zero-order valence-corrected chi connectivity index (χ0v) is 16.2. The molecule has 0 bridgehead atoms. The fourth-order valence-electron chi connectivity index (χ4n) is 0.399. The summed E-state index contributed by atoms with van der Waals surface area (Å²) in [6.45, 7) is 0. The summed E-state index contributed by atoms with van der Waals surface area (Å²) in [5.41, 5.74) is 0. The molecule has 0 saturated heterocycles. The second kappa shape index (κ2) is 57.2. The molecule has 0 rings (SSSR count). The van der Waals surface area contributed by atoms with Crippen LogP contribution in [-0.2, 0) is 38.8 Å². The third kappa shape index (κ3) is 116. The summed E-state index contributed by atoms with van der Waals surface area (Å²) in [6, 6.07) is 0. The van der Waals surface area contributed by atoms with Crippen LogP contribution in [0.5, 0.6) is 0 Å². The smallest absolute Gasteiger partial charge is 0.412 e. The molecule has 0 unspecified atom stereocenters. The van der Waals surface area contributed by atoms with Crippen molar-refractivity contribution in [2.24, 2.45) is 0 Å². The number of hydrogen-bond donors (Lipinski definition) is 4. The maximum Gasteiger partial charge on any atom is 0.449 e. The van der Waals surface area contributed by atoms with Crippen LogP contribution in [0.15, 0.2) is 12.2 Å². The Balaban J connectivity index is -0.00000000937. The van der Waals surface area contributed by atoms with Crippen LogP contribution >= 0.6 is 0 Å². The maximum absolute atomic E-state index is 10.5. The van der Waals surface area contributed by atoms with E-state index in [1.165, 1.54) is 0 Å². The molecule has 0 spiro atoms. The van der Waals surface area contributed by atoms with E-state index in [1.54, 1.807) is 0 Å². The first-order chi connectivity index (χ1) is 6.99. The molecule has 0 fully saturated rings. The van der Waals surface area contributed by atoms with Gasteiger partial charge in [-0.15, -0.1) is 0 Å². The van der Waals surface area contributed by atoms with Crippen molar-refractivity contribution in [3.05, 3.63) is 12.2 Å². The summed E-state index contributed by atoms with van der Waals surface area (Å²) in [4.78, 5) is 20.9. The average molecular weight is 586 g/mol. The molecule has 0 atom stereocenters. The Morgan fingerprint density at radius 2 is 0.625 bits per heavy atom. The molecule has 32 N–H and O–H groups in total. The van der Waals surface area contributed by atoms with Gasteiger partial charge in [0, 0.05) is 12.2 Å². The van der Waals surface area contributed by atoms with Crippen LogP contribution in [0.25, 0.3) is 0 Å². The van der Waals surface area contributed by atoms with Gasteiger partial charge in [0.15, 0.2) is 34.7 Å². The number of carbonyl (C=O) groups is 2. The van der Waals surface area contributed by atoms with E-state index in [4.69, 9.17) is 9.11 Å². The van der Waals surface area contributed by atoms with Crippen LogP contribution in [0, 0.1) is 0 Å². The molecular formula is C4H40Al2N2O22S2. The van der Waals surface area contributed by atoms with Gasteiger partial charge in [0.1, 0.15) is 0 Å². The SMILES string of the molecule is N.N.O.O.O.O.O.O.O.O.O.O.O.O.O=C(/C=C\C(=O)OS(=O)(=O)O)OS(=O)(=O)O.[AlH3].[AlH3]. The van der Waals surface area contributed by atoms with Crippen molar-refractivity contribution < 1.29 is 110 Å². The van der Waals surface area contributed by atoms with E-state index < -0.39 is 32.7 Å². The molecule has 24 nitrogen and oxygen atoms in total. The van der Waals surface area contributed by atoms with Crippen molar-refractivity contribution in [1.82, 2.24) is 12.3 Å². The van der Waals surface area contributed by atoms with Gasteiger partial charge >= 0.3 is 32.7 Å². The quantitative estimate of drug-likeness (QED) is 0.135. The second-order valence-electron chi connectivity index (χ2n) is 1.99. The van der Waals surface area contributed by atoms with E-state index in [0.29, 0.717) is 0 Å². The van der Waals surface area contributed by atoms with Crippen molar-refractivity contribution >= 4 is 67.5 Å². The predicted molar refractivity (Wildman–Crippen MR) is 118 cm³/mol. The van der Waals surface area contributed by atoms with Crippen LogP contribution in [0.3, 0.4) is 0 Å². The summed E-state index contributed by atoms with van der Waals surface area (Å²) < 4.78 is 62.3. The molecule has 0 radical (unpaired) electrons. The Kier molecular flexibility index (Phi) is 254. The zero-order valence-electron chi connectivity index (χ0n) is 14.5. The normalized spacial score (nSPS) is 6.19. The van der Waals surface area contributed by atoms with Crippen molar-refractivity contribution in [3.63, 3.8) is 0 Å². The fraction of sp³-hybridized carbons (Fsp3) is 0. The lowest BCUT2D eigenvalue weighted by Crippen LogP contribution is -2.12. The highest BCUT2D eigenvalue weighted by Gasteiger charge is 2.13. The van der Waals surface area contributed by atoms with Gasteiger partial charge in [-0.2, -0.15) is 16.8 Å². The summed E-state index contributed by atoms with van der Waals surface area (Å²) >= 11 is 0. The van der Waals surface area contributed by atoms with Gasteiger partial charge in [-0.25, -0.2) is 9.59 Å². The van der Waals surface area contributed by atoms with E-state index in [9.17, 15) is 26.4 Å². The second-order valence-corrected chi connectivity index (χ2v) is 4.04. The minimum Gasteiger partial charge on any atom is -0.412 e. The number of rotatable bonds is 4. The molecule has 0 aliphatic rings. The predicted octanol–water partition coefficient (Wildman–Crippen LogP) is -13.7. The van der Waals surface area contributed by atoms with Gasteiger partial charge in [-0.3, -0.25) is 9.11 Å². The molecule has 28 heteroatoms.